The zero-order valence-corrected chi connectivity index (χ0v) is 26.1. The number of nitrogens with zero attached hydrogens (tertiary/aromatic N) is 2. The molecule has 3 aromatic rings. The van der Waals surface area contributed by atoms with Gasteiger partial charge in [-0.2, -0.15) is 4.90 Å². The maximum absolute atomic E-state index is 14.4. The first kappa shape index (κ1) is 31.7. The molecule has 0 spiro atoms. The van der Waals surface area contributed by atoms with E-state index in [4.69, 9.17) is 23.2 Å². The summed E-state index contributed by atoms with van der Waals surface area (Å²) in [6.07, 6.45) is 1.06. The third-order valence-electron chi connectivity index (χ3n) is 6.80. The molecule has 3 aromatic carbocycles. The van der Waals surface area contributed by atoms with Crippen LogP contribution in [0.4, 0.5) is 0 Å². The summed E-state index contributed by atoms with van der Waals surface area (Å²) in [5.41, 5.74) is 2.94. The first-order valence-electron chi connectivity index (χ1n) is 12.7. The number of rotatable bonds is 8. The summed E-state index contributed by atoms with van der Waals surface area (Å²) < 4.78 is 0.879. The molecule has 1 unspecified atom stereocenters. The number of fused-ring (bicyclic) bond motifs is 1. The van der Waals surface area contributed by atoms with Gasteiger partial charge in [0.1, 0.15) is 12.1 Å². The van der Waals surface area contributed by atoms with Crippen LogP contribution in [0.5, 0.6) is 0 Å². The van der Waals surface area contributed by atoms with Gasteiger partial charge in [0.05, 0.1) is 11.1 Å². The number of halogens is 2. The van der Waals surface area contributed by atoms with Crippen molar-refractivity contribution in [3.63, 3.8) is 0 Å². The number of carbonyl (C=O) groups excluding carboxylic acids is 2. The number of carboxylic acid groups (broad SMARTS) is 1. The number of hydrogen-bond acceptors (Lipinski definition) is 4. The molecule has 0 saturated heterocycles. The number of unbranched alkanes of at least 4 members (excludes halogenated alkanes) is 1. The minimum absolute atomic E-state index is 0. The summed E-state index contributed by atoms with van der Waals surface area (Å²) in [5, 5.41) is 26.4. The van der Waals surface area contributed by atoms with Crippen LogP contribution >= 0.6 is 23.2 Å². The second kappa shape index (κ2) is 14.2. The molecule has 4 rings (SSSR count). The van der Waals surface area contributed by atoms with E-state index in [9.17, 15) is 19.9 Å². The normalized spacial score (nSPS) is 15.3. The van der Waals surface area contributed by atoms with E-state index in [2.05, 4.69) is 11.8 Å². The number of carboxylic acids is 1. The van der Waals surface area contributed by atoms with E-state index in [1.807, 2.05) is 19.1 Å². The average Bonchev–Trinajstić information content (AvgIpc) is 3.00. The Bertz CT molecular complexity index is 1480. The number of benzene rings is 3. The summed E-state index contributed by atoms with van der Waals surface area (Å²) in [6.45, 7) is 3.58. The van der Waals surface area contributed by atoms with Gasteiger partial charge in [-0.15, -0.1) is 5.92 Å². The van der Waals surface area contributed by atoms with Crippen LogP contribution in [0, 0.1) is 17.0 Å². The molecule has 9 heteroatoms. The summed E-state index contributed by atoms with van der Waals surface area (Å²) >= 11 is 12.3. The van der Waals surface area contributed by atoms with Crippen molar-refractivity contribution in [2.45, 2.75) is 51.6 Å². The Morgan fingerprint density at radius 2 is 1.65 bits per heavy atom. The smallest absolute Gasteiger partial charge is 0.715 e. The monoisotopic (exact) mass is 584 g/mol. The summed E-state index contributed by atoms with van der Waals surface area (Å²) in [7, 11) is 0. The maximum atomic E-state index is 14.4. The van der Waals surface area contributed by atoms with E-state index in [0.29, 0.717) is 51.6 Å². The van der Waals surface area contributed by atoms with Gasteiger partial charge in [0, 0.05) is 27.1 Å². The first-order valence-corrected chi connectivity index (χ1v) is 13.4. The molecular formula is C31H27Cl2N2NaO4. The van der Waals surface area contributed by atoms with E-state index in [0.717, 1.165) is 10.3 Å². The Kier molecular flexibility index (Phi) is 11.3. The molecule has 0 radical (unpaired) electrons. The van der Waals surface area contributed by atoms with Crippen molar-refractivity contribution in [3.8, 4) is 11.8 Å². The van der Waals surface area contributed by atoms with Gasteiger partial charge in [-0.1, -0.05) is 47.3 Å². The Morgan fingerprint density at radius 1 is 1.02 bits per heavy atom. The number of hydroxylamine groups is 1. The molecule has 0 N–H and O–H groups in total. The van der Waals surface area contributed by atoms with Crippen molar-refractivity contribution < 1.29 is 49.0 Å². The zero-order chi connectivity index (χ0) is 28.1. The molecule has 0 bridgehead atoms. The van der Waals surface area contributed by atoms with Gasteiger partial charge in [-0.25, -0.2) is 4.79 Å². The van der Waals surface area contributed by atoms with Gasteiger partial charge in [-0.3, -0.25) is 4.74 Å². The second-order valence-corrected chi connectivity index (χ2v) is 10.2. The Hall–Kier alpha value is -2.79. The van der Waals surface area contributed by atoms with E-state index in [1.165, 1.54) is 4.90 Å². The third kappa shape index (κ3) is 7.09. The minimum Gasteiger partial charge on any atom is -0.715 e. The summed E-state index contributed by atoms with van der Waals surface area (Å²) in [6, 6.07) is 18.0. The van der Waals surface area contributed by atoms with Crippen LogP contribution in [-0.4, -0.2) is 27.4 Å². The van der Waals surface area contributed by atoms with Crippen molar-refractivity contribution in [2.75, 3.05) is 0 Å². The van der Waals surface area contributed by atoms with Crippen molar-refractivity contribution in [3.05, 3.63) is 110 Å². The van der Waals surface area contributed by atoms with Gasteiger partial charge in [0.15, 0.2) is 0 Å². The number of amides is 1. The summed E-state index contributed by atoms with van der Waals surface area (Å²) in [5.74, 6) is 4.57. The largest absolute Gasteiger partial charge is 1.00 e. The molecule has 1 amide bonds. The second-order valence-electron chi connectivity index (χ2n) is 9.37. The molecule has 1 aliphatic rings. The number of aliphatic carboxylic acids is 1. The molecule has 0 aliphatic carbocycles. The Balaban J connectivity index is 0.00000441. The minimum atomic E-state index is -1.13. The molecule has 1 aliphatic heterocycles. The van der Waals surface area contributed by atoms with Crippen molar-refractivity contribution in [1.29, 1.82) is 0 Å². The molecule has 200 valence electrons. The zero-order valence-electron chi connectivity index (χ0n) is 22.6. The van der Waals surface area contributed by atoms with E-state index in [-0.39, 0.29) is 47.7 Å². The Labute approximate surface area is 266 Å². The Morgan fingerprint density at radius 3 is 2.25 bits per heavy atom. The van der Waals surface area contributed by atoms with Crippen LogP contribution in [0.25, 0.3) is 0 Å². The molecule has 0 fully saturated rings. The predicted molar refractivity (Wildman–Crippen MR) is 150 cm³/mol. The quantitative estimate of drug-likeness (QED) is 0.134. The van der Waals surface area contributed by atoms with Crippen LogP contribution in [-0.2, 0) is 4.79 Å². The molecule has 40 heavy (non-hydrogen) atoms. The maximum Gasteiger partial charge on any atom is 1.00 e. The van der Waals surface area contributed by atoms with Crippen molar-refractivity contribution >= 4 is 40.9 Å². The van der Waals surface area contributed by atoms with Crippen LogP contribution in [0.1, 0.15) is 84.2 Å². The van der Waals surface area contributed by atoms with Gasteiger partial charge in [0.25, 0.3) is 5.84 Å². The van der Waals surface area contributed by atoms with E-state index in [1.54, 1.807) is 61.5 Å². The topological polar surface area (TPSA) is 86.5 Å². The number of carbonyl (C=O) groups is 2. The molecule has 6 nitrogen and oxygen atoms in total. The predicted octanol–water partition coefficient (Wildman–Crippen LogP) is 2.89. The SMILES string of the molecule is CC#Cc1ccc2c(c1)C(=O)N(C(C)c1ccc(Cl)cc1)C(c1ccc(Cl)cc1)=[N+]([O-])[C@@H]2CCCCC(=O)[O-].[Na+]. The van der Waals surface area contributed by atoms with Crippen molar-refractivity contribution in [1.82, 2.24) is 4.90 Å². The fraction of sp³-hybridized carbons (Fsp3) is 0.258. The number of hydrogen-bond donors (Lipinski definition) is 0. The van der Waals surface area contributed by atoms with Crippen LogP contribution in [0.2, 0.25) is 10.0 Å². The van der Waals surface area contributed by atoms with Crippen LogP contribution in [0.15, 0.2) is 66.7 Å². The van der Waals surface area contributed by atoms with Gasteiger partial charge in [0.2, 0.25) is 0 Å². The van der Waals surface area contributed by atoms with Gasteiger partial charge >= 0.3 is 35.5 Å². The van der Waals surface area contributed by atoms with Gasteiger partial charge in [-0.05, 0) is 93.6 Å². The van der Waals surface area contributed by atoms with E-state index < -0.39 is 18.1 Å². The number of amidine groups is 1. The first-order chi connectivity index (χ1) is 18.7. The fourth-order valence-electron chi connectivity index (χ4n) is 4.85. The molecule has 0 aromatic heterocycles. The standard InChI is InChI=1S/C31H28Cl2N2O4.Na/c1-3-6-21-9-18-26-27(19-21)31(38)34(20(2)22-10-14-24(32)15-11-22)30(23-12-16-25(33)17-13-23)35(39)28(26)7-4-5-8-29(36)37;/h9-20,28H,4-5,7-8H2,1-2H3,(H,36,37);/q;+1/p-1/t20?,28-;/m1./s1. The molecule has 1 heterocycles. The van der Waals surface area contributed by atoms with E-state index >= 15 is 0 Å². The van der Waals surface area contributed by atoms with Crippen molar-refractivity contribution in [2.24, 2.45) is 0 Å². The molecule has 0 saturated carbocycles. The third-order valence-corrected chi connectivity index (χ3v) is 7.31. The average molecular weight is 585 g/mol. The molecule has 2 atom stereocenters. The molecular weight excluding hydrogens is 558 g/mol. The van der Waals surface area contributed by atoms with Gasteiger partial charge < -0.3 is 15.1 Å². The fourth-order valence-corrected chi connectivity index (χ4v) is 5.11. The van der Waals surface area contributed by atoms with Crippen LogP contribution < -0.4 is 34.7 Å². The van der Waals surface area contributed by atoms with Crippen LogP contribution in [0.3, 0.4) is 0 Å². The summed E-state index contributed by atoms with van der Waals surface area (Å²) in [4.78, 5) is 26.9.